The minimum absolute atomic E-state index is 0.115. The van der Waals surface area contributed by atoms with Crippen molar-refractivity contribution in [3.8, 4) is 5.75 Å². The minimum Gasteiger partial charge on any atom is -0.508 e. The molecule has 1 aliphatic rings. The number of benzene rings is 1. The first-order chi connectivity index (χ1) is 7.56. The average Bonchev–Trinajstić information content (AvgIpc) is 2.98. The van der Waals surface area contributed by atoms with E-state index in [1.807, 2.05) is 0 Å². The quantitative estimate of drug-likeness (QED) is 0.795. The third-order valence-corrected chi connectivity index (χ3v) is 3.45. The van der Waals surface area contributed by atoms with Crippen molar-refractivity contribution in [2.45, 2.75) is 25.3 Å². The molecule has 0 aromatic heterocycles. The van der Waals surface area contributed by atoms with Crippen molar-refractivity contribution in [3.05, 3.63) is 29.3 Å². The summed E-state index contributed by atoms with van der Waals surface area (Å²) >= 11 is 5.80. The molecule has 2 N–H and O–H groups in total. The van der Waals surface area contributed by atoms with Gasteiger partial charge < -0.3 is 10.4 Å². The van der Waals surface area contributed by atoms with E-state index >= 15 is 0 Å². The Labute approximate surface area is 99.4 Å². The number of phenols is 1. The number of phenolic OH excluding ortho intramolecular Hbond substituents is 1. The monoisotopic (exact) mass is 239 g/mol. The van der Waals surface area contributed by atoms with Crippen LogP contribution in [0.4, 0.5) is 0 Å². The van der Waals surface area contributed by atoms with E-state index in [4.69, 9.17) is 11.6 Å². The molecule has 3 nitrogen and oxygen atoms in total. The number of aryl methyl sites for hydroxylation is 1. The van der Waals surface area contributed by atoms with Crippen LogP contribution >= 0.6 is 11.6 Å². The van der Waals surface area contributed by atoms with E-state index < -0.39 is 0 Å². The number of hydrogen-bond acceptors (Lipinski definition) is 2. The highest BCUT2D eigenvalue weighted by atomic mass is 35.5. The summed E-state index contributed by atoms with van der Waals surface area (Å²) in [4.78, 5) is 11.9. The Morgan fingerprint density at radius 2 is 2.25 bits per heavy atom. The molecular weight excluding hydrogens is 226 g/mol. The zero-order valence-corrected chi connectivity index (χ0v) is 9.84. The molecule has 1 aliphatic carbocycles. The van der Waals surface area contributed by atoms with Crippen LogP contribution in [0.25, 0.3) is 0 Å². The molecule has 1 amide bonds. The second-order valence-corrected chi connectivity index (χ2v) is 4.63. The molecule has 1 saturated carbocycles. The van der Waals surface area contributed by atoms with Crippen molar-refractivity contribution in [1.29, 1.82) is 0 Å². The molecule has 4 heteroatoms. The van der Waals surface area contributed by atoms with Crippen LogP contribution in [0.2, 0.25) is 0 Å². The van der Waals surface area contributed by atoms with Crippen molar-refractivity contribution < 1.29 is 9.90 Å². The summed E-state index contributed by atoms with van der Waals surface area (Å²) in [6.45, 7) is 1.80. The van der Waals surface area contributed by atoms with E-state index in [1.54, 1.807) is 19.1 Å². The smallest absolute Gasteiger partial charge is 0.252 e. The van der Waals surface area contributed by atoms with Crippen LogP contribution in [0.3, 0.4) is 0 Å². The summed E-state index contributed by atoms with van der Waals surface area (Å²) in [7, 11) is 0. The van der Waals surface area contributed by atoms with Crippen molar-refractivity contribution in [2.75, 3.05) is 5.88 Å². The van der Waals surface area contributed by atoms with Crippen LogP contribution in [0.1, 0.15) is 28.8 Å². The third kappa shape index (κ3) is 2.14. The van der Waals surface area contributed by atoms with Crippen LogP contribution in [-0.2, 0) is 0 Å². The number of rotatable bonds is 3. The maximum Gasteiger partial charge on any atom is 0.252 e. The van der Waals surface area contributed by atoms with Gasteiger partial charge in [-0.15, -0.1) is 11.6 Å². The topological polar surface area (TPSA) is 49.3 Å². The fourth-order valence-electron chi connectivity index (χ4n) is 1.65. The normalized spacial score (nSPS) is 16.9. The van der Waals surface area contributed by atoms with Gasteiger partial charge in [-0.1, -0.05) is 0 Å². The average molecular weight is 240 g/mol. The third-order valence-electron chi connectivity index (χ3n) is 2.94. The lowest BCUT2D eigenvalue weighted by atomic mass is 10.1. The predicted molar refractivity (Wildman–Crippen MR) is 63.0 cm³/mol. The molecule has 0 radical (unpaired) electrons. The van der Waals surface area contributed by atoms with Gasteiger partial charge in [0.2, 0.25) is 0 Å². The molecule has 16 heavy (non-hydrogen) atoms. The lowest BCUT2D eigenvalue weighted by Gasteiger charge is -2.15. The standard InChI is InChI=1S/C12H14ClNO2/c1-8-6-9(15)2-3-10(8)11(16)14-12(7-13)4-5-12/h2-3,6,15H,4-5,7H2,1H3,(H,14,16). The van der Waals surface area contributed by atoms with Gasteiger partial charge in [-0.2, -0.15) is 0 Å². The fourth-order valence-corrected chi connectivity index (χ4v) is 1.99. The molecular formula is C12H14ClNO2. The lowest BCUT2D eigenvalue weighted by molar-refractivity contribution is 0.0935. The van der Waals surface area contributed by atoms with Gasteiger partial charge in [-0.3, -0.25) is 4.79 Å². The summed E-state index contributed by atoms with van der Waals surface area (Å²) in [5.41, 5.74) is 1.17. The Balaban J connectivity index is 2.15. The highest BCUT2D eigenvalue weighted by Gasteiger charge is 2.43. The molecule has 0 spiro atoms. The van der Waals surface area contributed by atoms with Crippen LogP contribution in [0, 0.1) is 6.92 Å². The second kappa shape index (κ2) is 3.98. The maximum atomic E-state index is 11.9. The largest absolute Gasteiger partial charge is 0.508 e. The van der Waals surface area contributed by atoms with Crippen molar-refractivity contribution in [2.24, 2.45) is 0 Å². The van der Waals surface area contributed by atoms with Gasteiger partial charge in [-0.05, 0) is 43.5 Å². The number of alkyl halides is 1. The maximum absolute atomic E-state index is 11.9. The molecule has 0 atom stereocenters. The van der Waals surface area contributed by atoms with E-state index in [0.717, 1.165) is 18.4 Å². The predicted octanol–water partition coefficient (Wildman–Crippen LogP) is 2.20. The molecule has 1 aromatic carbocycles. The SMILES string of the molecule is Cc1cc(O)ccc1C(=O)NC1(CCl)CC1. The van der Waals surface area contributed by atoms with Gasteiger partial charge in [0, 0.05) is 11.4 Å². The number of amides is 1. The number of carbonyl (C=O) groups excluding carboxylic acids is 1. The second-order valence-electron chi connectivity index (χ2n) is 4.37. The van der Waals surface area contributed by atoms with Crippen molar-refractivity contribution in [1.82, 2.24) is 5.32 Å². The van der Waals surface area contributed by atoms with E-state index in [1.165, 1.54) is 6.07 Å². The first-order valence-corrected chi connectivity index (χ1v) is 5.78. The van der Waals surface area contributed by atoms with E-state index in [0.29, 0.717) is 11.4 Å². The molecule has 0 aliphatic heterocycles. The molecule has 0 unspecified atom stereocenters. The first-order valence-electron chi connectivity index (χ1n) is 5.24. The fraction of sp³-hybridized carbons (Fsp3) is 0.417. The van der Waals surface area contributed by atoms with Crippen LogP contribution < -0.4 is 5.32 Å². The Morgan fingerprint density at radius 1 is 1.56 bits per heavy atom. The number of carbonyl (C=O) groups is 1. The van der Waals surface area contributed by atoms with Crippen LogP contribution in [0.15, 0.2) is 18.2 Å². The van der Waals surface area contributed by atoms with Gasteiger partial charge in [-0.25, -0.2) is 0 Å². The summed E-state index contributed by atoms with van der Waals surface area (Å²) in [5.74, 6) is 0.513. The summed E-state index contributed by atoms with van der Waals surface area (Å²) < 4.78 is 0. The van der Waals surface area contributed by atoms with Gasteiger partial charge in [0.1, 0.15) is 5.75 Å². The Hall–Kier alpha value is -1.22. The van der Waals surface area contributed by atoms with E-state index in [9.17, 15) is 9.90 Å². The van der Waals surface area contributed by atoms with Crippen LogP contribution in [-0.4, -0.2) is 22.4 Å². The zero-order valence-electron chi connectivity index (χ0n) is 9.09. The summed E-state index contributed by atoms with van der Waals surface area (Å²) in [6.07, 6.45) is 1.89. The van der Waals surface area contributed by atoms with E-state index in [2.05, 4.69) is 5.32 Å². The van der Waals surface area contributed by atoms with Crippen LogP contribution in [0.5, 0.6) is 5.75 Å². The lowest BCUT2D eigenvalue weighted by Crippen LogP contribution is -2.38. The highest BCUT2D eigenvalue weighted by molar-refractivity contribution is 6.19. The summed E-state index contributed by atoms with van der Waals surface area (Å²) in [5, 5.41) is 12.2. The molecule has 1 fully saturated rings. The molecule has 86 valence electrons. The van der Waals surface area contributed by atoms with Gasteiger partial charge in [0.15, 0.2) is 0 Å². The summed E-state index contributed by atoms with van der Waals surface area (Å²) in [6, 6.07) is 4.72. The number of nitrogens with one attached hydrogen (secondary N) is 1. The molecule has 2 rings (SSSR count). The van der Waals surface area contributed by atoms with Crippen molar-refractivity contribution >= 4 is 17.5 Å². The Bertz CT molecular complexity index is 427. The number of halogens is 1. The number of hydrogen-bond donors (Lipinski definition) is 2. The molecule has 0 bridgehead atoms. The first kappa shape index (κ1) is 11.3. The highest BCUT2D eigenvalue weighted by Crippen LogP contribution is 2.36. The molecule has 0 heterocycles. The van der Waals surface area contributed by atoms with E-state index in [-0.39, 0.29) is 17.2 Å². The minimum atomic E-state index is -0.192. The molecule has 0 saturated heterocycles. The van der Waals surface area contributed by atoms with Gasteiger partial charge >= 0.3 is 0 Å². The zero-order chi connectivity index (χ0) is 11.8. The van der Waals surface area contributed by atoms with Gasteiger partial charge in [0.25, 0.3) is 5.91 Å². The molecule has 1 aromatic rings. The Kier molecular flexibility index (Phi) is 2.80. The number of aromatic hydroxyl groups is 1. The van der Waals surface area contributed by atoms with Gasteiger partial charge in [0.05, 0.1) is 5.54 Å². The van der Waals surface area contributed by atoms with Crippen molar-refractivity contribution in [3.63, 3.8) is 0 Å². The Morgan fingerprint density at radius 3 is 2.75 bits per heavy atom.